The zero-order valence-electron chi connectivity index (χ0n) is 30.5. The predicted molar refractivity (Wildman–Crippen MR) is 201 cm³/mol. The lowest BCUT2D eigenvalue weighted by Gasteiger charge is -2.34. The number of hydrogen-bond donors (Lipinski definition) is 3. The molecule has 1 saturated heterocycles. The first-order chi connectivity index (χ1) is 24.5. The number of ether oxygens (including phenoxy) is 2. The number of rotatable bonds is 13. The summed E-state index contributed by atoms with van der Waals surface area (Å²) in [5, 5.41) is 8.53. The van der Waals surface area contributed by atoms with E-state index in [2.05, 4.69) is 26.6 Å². The minimum Gasteiger partial charge on any atom is -0.444 e. The molecular weight excluding hydrogens is 644 g/mol. The topological polar surface area (TPSA) is 127 Å². The summed E-state index contributed by atoms with van der Waals surface area (Å²) >= 11 is 0. The van der Waals surface area contributed by atoms with Crippen LogP contribution in [-0.2, 0) is 27.2 Å². The molecular formula is C40H52N6O5. The van der Waals surface area contributed by atoms with Crippen LogP contribution < -0.4 is 16.0 Å². The number of anilines is 1. The summed E-state index contributed by atoms with van der Waals surface area (Å²) in [6, 6.07) is 23.3. The van der Waals surface area contributed by atoms with Crippen molar-refractivity contribution in [3.63, 3.8) is 0 Å². The molecule has 0 radical (unpaired) electrons. The van der Waals surface area contributed by atoms with Crippen LogP contribution in [0.15, 0.2) is 72.8 Å². The Kier molecular flexibility index (Phi) is 12.7. The normalized spacial score (nSPS) is 15.3. The molecule has 4 amide bonds. The van der Waals surface area contributed by atoms with Gasteiger partial charge in [-0.15, -0.1) is 0 Å². The largest absolute Gasteiger partial charge is 0.444 e. The Hall–Kier alpha value is -4.90. The van der Waals surface area contributed by atoms with Crippen molar-refractivity contribution >= 4 is 34.8 Å². The van der Waals surface area contributed by atoms with Crippen LogP contribution in [0.5, 0.6) is 0 Å². The Balaban J connectivity index is 1.28. The van der Waals surface area contributed by atoms with Gasteiger partial charge in [-0.25, -0.2) is 14.6 Å². The van der Waals surface area contributed by atoms with Gasteiger partial charge >= 0.3 is 12.1 Å². The summed E-state index contributed by atoms with van der Waals surface area (Å²) in [4.78, 5) is 45.7. The molecule has 0 unspecified atom stereocenters. The number of para-hydroxylation sites is 2. The van der Waals surface area contributed by atoms with E-state index >= 15 is 0 Å². The molecule has 11 heteroatoms. The Morgan fingerprint density at radius 3 is 2.37 bits per heavy atom. The molecule has 1 aromatic heterocycles. The average Bonchev–Trinajstić information content (AvgIpc) is 3.47. The minimum atomic E-state index is -0.667. The lowest BCUT2D eigenvalue weighted by atomic mass is 9.95. The van der Waals surface area contributed by atoms with Gasteiger partial charge in [-0.2, -0.15) is 0 Å². The number of benzene rings is 3. The van der Waals surface area contributed by atoms with Gasteiger partial charge in [-0.3, -0.25) is 4.79 Å². The predicted octanol–water partition coefficient (Wildman–Crippen LogP) is 7.11. The monoisotopic (exact) mass is 696 g/mol. The van der Waals surface area contributed by atoms with Crippen LogP contribution in [0.1, 0.15) is 70.7 Å². The molecule has 4 aromatic rings. The number of aromatic nitrogens is 2. The summed E-state index contributed by atoms with van der Waals surface area (Å²) in [6.45, 7) is 10.6. The number of nitrogens with zero attached hydrogens (tertiary/aromatic N) is 3. The van der Waals surface area contributed by atoms with E-state index in [4.69, 9.17) is 14.5 Å². The van der Waals surface area contributed by atoms with E-state index in [9.17, 15) is 14.4 Å². The first kappa shape index (κ1) is 37.4. The second kappa shape index (κ2) is 17.4. The number of alkyl carbamates (subject to hydrolysis) is 1. The number of urea groups is 1. The van der Waals surface area contributed by atoms with Crippen LogP contribution in [0.3, 0.4) is 0 Å². The smallest absolute Gasteiger partial charge is 0.407 e. The molecule has 3 N–H and O–H groups in total. The van der Waals surface area contributed by atoms with E-state index in [1.165, 1.54) is 0 Å². The number of imidazole rings is 1. The van der Waals surface area contributed by atoms with E-state index in [1.807, 2.05) is 99.3 Å². The van der Waals surface area contributed by atoms with Gasteiger partial charge in [0.05, 0.1) is 11.0 Å². The van der Waals surface area contributed by atoms with Gasteiger partial charge in [-0.1, -0.05) is 48.5 Å². The number of methoxy groups -OCH3 is 1. The van der Waals surface area contributed by atoms with Crippen LogP contribution >= 0.6 is 0 Å². The molecule has 0 aliphatic carbocycles. The van der Waals surface area contributed by atoms with Crippen molar-refractivity contribution in [2.45, 2.75) is 83.9 Å². The first-order valence-electron chi connectivity index (χ1n) is 18.0. The highest BCUT2D eigenvalue weighted by atomic mass is 16.6. The molecule has 0 spiro atoms. The highest BCUT2D eigenvalue weighted by molar-refractivity contribution is 5.89. The molecule has 3 aromatic carbocycles. The van der Waals surface area contributed by atoms with Crippen LogP contribution in [0.2, 0.25) is 0 Å². The number of carbonyl (C=O) groups excluding carboxylic acids is 3. The molecule has 0 bridgehead atoms. The van der Waals surface area contributed by atoms with Crippen molar-refractivity contribution in [1.82, 2.24) is 25.1 Å². The summed E-state index contributed by atoms with van der Waals surface area (Å²) in [5.41, 5.74) is 5.12. The van der Waals surface area contributed by atoms with E-state index in [1.54, 1.807) is 7.11 Å². The average molecular weight is 697 g/mol. The van der Waals surface area contributed by atoms with Crippen LogP contribution in [0.25, 0.3) is 22.2 Å². The second-order valence-electron chi connectivity index (χ2n) is 14.1. The van der Waals surface area contributed by atoms with Crippen molar-refractivity contribution in [2.75, 3.05) is 38.7 Å². The van der Waals surface area contributed by atoms with E-state index in [0.717, 1.165) is 59.4 Å². The van der Waals surface area contributed by atoms with Gasteiger partial charge in [0.15, 0.2) is 0 Å². The quantitative estimate of drug-likeness (QED) is 0.128. The van der Waals surface area contributed by atoms with Gasteiger partial charge in [0.1, 0.15) is 11.4 Å². The zero-order chi connectivity index (χ0) is 36.4. The third kappa shape index (κ3) is 10.6. The number of amides is 4. The van der Waals surface area contributed by atoms with Gasteiger partial charge in [-0.05, 0) is 94.3 Å². The van der Waals surface area contributed by atoms with Crippen molar-refractivity contribution < 1.29 is 23.9 Å². The van der Waals surface area contributed by atoms with Crippen molar-refractivity contribution in [3.8, 4) is 11.1 Å². The number of nitrogens with one attached hydrogen (secondary N) is 3. The lowest BCUT2D eigenvalue weighted by Crippen LogP contribution is -2.46. The molecule has 1 aliphatic heterocycles. The molecule has 272 valence electrons. The molecule has 0 saturated carbocycles. The highest BCUT2D eigenvalue weighted by Gasteiger charge is 2.30. The lowest BCUT2D eigenvalue weighted by molar-refractivity contribution is -0.133. The third-order valence-electron chi connectivity index (χ3n) is 8.94. The van der Waals surface area contributed by atoms with Gasteiger partial charge < -0.3 is 34.9 Å². The zero-order valence-corrected chi connectivity index (χ0v) is 30.5. The fraction of sp³-hybridized carbons (Fsp3) is 0.450. The van der Waals surface area contributed by atoms with E-state index < -0.39 is 17.7 Å². The minimum absolute atomic E-state index is 0.000686. The van der Waals surface area contributed by atoms with Crippen LogP contribution in [-0.4, -0.2) is 77.5 Å². The molecule has 5 rings (SSSR count). The summed E-state index contributed by atoms with van der Waals surface area (Å²) < 4.78 is 13.2. The van der Waals surface area contributed by atoms with Crippen molar-refractivity contribution in [2.24, 2.45) is 0 Å². The summed E-state index contributed by atoms with van der Waals surface area (Å²) in [6.07, 6.45) is 2.79. The van der Waals surface area contributed by atoms with Gasteiger partial charge in [0, 0.05) is 64.0 Å². The Bertz CT molecular complexity index is 1760. The maximum Gasteiger partial charge on any atom is 0.407 e. The molecule has 2 atom stereocenters. The molecule has 2 heterocycles. The summed E-state index contributed by atoms with van der Waals surface area (Å²) in [5.74, 6) is 1.13. The highest BCUT2D eigenvalue weighted by Crippen LogP contribution is 2.30. The number of piperidine rings is 1. The Morgan fingerprint density at radius 2 is 1.69 bits per heavy atom. The second-order valence-corrected chi connectivity index (χ2v) is 14.1. The molecule has 1 fully saturated rings. The third-order valence-corrected chi connectivity index (χ3v) is 8.94. The number of likely N-dealkylation sites (tertiary alicyclic amines) is 1. The summed E-state index contributed by atoms with van der Waals surface area (Å²) in [7, 11) is 1.72. The Morgan fingerprint density at radius 1 is 0.980 bits per heavy atom. The van der Waals surface area contributed by atoms with E-state index in [-0.39, 0.29) is 24.3 Å². The van der Waals surface area contributed by atoms with Crippen LogP contribution in [0, 0.1) is 0 Å². The number of hydrogen-bond acceptors (Lipinski definition) is 6. The molecule has 11 nitrogen and oxygen atoms in total. The molecule has 51 heavy (non-hydrogen) atoms. The van der Waals surface area contributed by atoms with E-state index in [0.29, 0.717) is 38.3 Å². The van der Waals surface area contributed by atoms with Crippen molar-refractivity contribution in [1.29, 1.82) is 0 Å². The fourth-order valence-corrected chi connectivity index (χ4v) is 6.61. The van der Waals surface area contributed by atoms with Gasteiger partial charge in [0.2, 0.25) is 5.91 Å². The van der Waals surface area contributed by atoms with Crippen molar-refractivity contribution in [3.05, 3.63) is 84.2 Å². The standard InChI is InChI=1S/C40H52N6O5/c1-6-41-38(48)42-32-20-18-30(19-21-32)29-16-14-28(15-17-29)25-33(43-39(49)51-40(2,3)4)26-36(47)45-22-9-11-31(27-45)37-44-34-12-7-8-13-35(34)46(37)23-10-24-50-5/h7-8,12-21,31,33H,6,9-11,22-27H2,1-5H3,(H,43,49)(H2,41,42,48)/t31-,33-/m1/s1. The first-order valence-corrected chi connectivity index (χ1v) is 18.0. The number of aryl methyl sites for hydroxylation is 1. The maximum atomic E-state index is 13.9. The Labute approximate surface area is 301 Å². The molecule has 1 aliphatic rings. The number of carbonyl (C=O) groups is 3. The SMILES string of the molecule is CCNC(=O)Nc1ccc(-c2ccc(C[C@H](CC(=O)N3CCC[C@@H](c4nc5ccccc5n4CCCOC)C3)NC(=O)OC(C)(C)C)cc2)cc1. The van der Waals surface area contributed by atoms with Crippen LogP contribution in [0.4, 0.5) is 15.3 Å². The maximum absolute atomic E-state index is 13.9. The number of fused-ring (bicyclic) bond motifs is 1. The fourth-order valence-electron chi connectivity index (χ4n) is 6.61. The van der Waals surface area contributed by atoms with Gasteiger partial charge in [0.25, 0.3) is 0 Å².